The molecule has 3 aliphatic rings. The molecule has 28 heavy (non-hydrogen) atoms. The van der Waals surface area contributed by atoms with Gasteiger partial charge in [-0.05, 0) is 29.8 Å². The second kappa shape index (κ2) is 6.06. The van der Waals surface area contributed by atoms with Crippen molar-refractivity contribution in [1.29, 1.82) is 0 Å². The molecule has 0 saturated carbocycles. The number of aliphatic hydroxyl groups excluding tert-OH is 1. The van der Waals surface area contributed by atoms with Crippen LogP contribution < -0.4 is 0 Å². The molecule has 2 aromatic rings. The van der Waals surface area contributed by atoms with Crippen molar-refractivity contribution in [3.05, 3.63) is 58.7 Å². The van der Waals surface area contributed by atoms with Gasteiger partial charge in [0.2, 0.25) is 0 Å². The van der Waals surface area contributed by atoms with Crippen LogP contribution in [0.4, 0.5) is 0 Å². The number of hydrogen-bond donors (Lipinski definition) is 2. The lowest BCUT2D eigenvalue weighted by atomic mass is 9.69. The Labute approximate surface area is 161 Å². The largest absolute Gasteiger partial charge is 0.388 e. The fourth-order valence-electron chi connectivity index (χ4n) is 4.59. The fraction of sp³-hybridized carbons (Fsp3) is 0.364. The van der Waals surface area contributed by atoms with Crippen molar-refractivity contribution >= 4 is 22.3 Å². The first kappa shape index (κ1) is 17.7. The van der Waals surface area contributed by atoms with Crippen LogP contribution in [-0.2, 0) is 9.47 Å². The summed E-state index contributed by atoms with van der Waals surface area (Å²) in [4.78, 5) is 26.4. The molecule has 1 heterocycles. The summed E-state index contributed by atoms with van der Waals surface area (Å²) >= 11 is 0. The SMILES string of the molecule is C[C@@H]1OC[C@H](C2(O)CC3=C(C(=O)c4cc5ccccc5cc4C3=O)[C@@H](O)C2)O1. The molecule has 5 rings (SSSR count). The van der Waals surface area contributed by atoms with E-state index in [1.54, 1.807) is 19.1 Å². The molecule has 1 fully saturated rings. The number of ketones is 2. The molecule has 144 valence electrons. The molecule has 2 N–H and O–H groups in total. The summed E-state index contributed by atoms with van der Waals surface area (Å²) in [5.74, 6) is -0.665. The number of hydrogen-bond acceptors (Lipinski definition) is 6. The number of aliphatic hydroxyl groups is 2. The van der Waals surface area contributed by atoms with Gasteiger partial charge < -0.3 is 19.7 Å². The lowest BCUT2D eigenvalue weighted by molar-refractivity contribution is -0.126. The van der Waals surface area contributed by atoms with Crippen LogP contribution in [0.25, 0.3) is 10.8 Å². The summed E-state index contributed by atoms with van der Waals surface area (Å²) < 4.78 is 11.0. The first-order chi connectivity index (χ1) is 13.4. The van der Waals surface area contributed by atoms with Gasteiger partial charge >= 0.3 is 0 Å². The summed E-state index contributed by atoms with van der Waals surface area (Å²) in [6.07, 6.45) is -2.47. The van der Waals surface area contributed by atoms with E-state index in [0.29, 0.717) is 11.1 Å². The highest BCUT2D eigenvalue weighted by molar-refractivity contribution is 6.28. The van der Waals surface area contributed by atoms with E-state index in [1.165, 1.54) is 0 Å². The zero-order valence-electron chi connectivity index (χ0n) is 15.3. The quantitative estimate of drug-likeness (QED) is 0.788. The van der Waals surface area contributed by atoms with Gasteiger partial charge in [-0.15, -0.1) is 0 Å². The minimum atomic E-state index is -1.46. The highest BCUT2D eigenvalue weighted by Crippen LogP contribution is 2.43. The normalized spacial score (nSPS) is 32.6. The van der Waals surface area contributed by atoms with E-state index >= 15 is 0 Å². The van der Waals surface area contributed by atoms with Gasteiger partial charge in [-0.2, -0.15) is 0 Å². The summed E-state index contributed by atoms with van der Waals surface area (Å²) in [6, 6.07) is 10.9. The molecule has 0 aromatic heterocycles. The number of ether oxygens (including phenoxy) is 2. The van der Waals surface area contributed by atoms with Crippen molar-refractivity contribution in [1.82, 2.24) is 0 Å². The summed E-state index contributed by atoms with van der Waals surface area (Å²) in [6.45, 7) is 1.90. The van der Waals surface area contributed by atoms with Gasteiger partial charge in [0.05, 0.1) is 12.7 Å². The Kier molecular flexibility index (Phi) is 3.83. The molecular formula is C22H20O6. The number of carbonyl (C=O) groups excluding carboxylic acids is 2. The third-order valence-electron chi connectivity index (χ3n) is 6.02. The zero-order chi connectivity index (χ0) is 19.6. The van der Waals surface area contributed by atoms with Gasteiger partial charge in [0.1, 0.15) is 11.7 Å². The maximum absolute atomic E-state index is 13.2. The van der Waals surface area contributed by atoms with Crippen molar-refractivity contribution in [2.75, 3.05) is 6.61 Å². The highest BCUT2D eigenvalue weighted by Gasteiger charge is 2.51. The number of fused-ring (bicyclic) bond motifs is 2. The summed E-state index contributed by atoms with van der Waals surface area (Å²) in [5.41, 5.74) is -0.564. The minimum Gasteiger partial charge on any atom is -0.388 e. The molecule has 4 atom stereocenters. The topological polar surface area (TPSA) is 93.1 Å². The molecule has 1 saturated heterocycles. The Hall–Kier alpha value is -2.38. The van der Waals surface area contributed by atoms with E-state index in [2.05, 4.69) is 0 Å². The predicted octanol–water partition coefficient (Wildman–Crippen LogP) is 2.16. The lowest BCUT2D eigenvalue weighted by Crippen LogP contribution is -2.52. The number of rotatable bonds is 1. The monoisotopic (exact) mass is 380 g/mol. The Morgan fingerprint density at radius 3 is 2.32 bits per heavy atom. The van der Waals surface area contributed by atoms with Crippen LogP contribution >= 0.6 is 0 Å². The molecule has 2 aliphatic carbocycles. The second-order valence-electron chi connectivity index (χ2n) is 7.82. The van der Waals surface area contributed by atoms with Crippen molar-refractivity contribution in [3.8, 4) is 0 Å². The van der Waals surface area contributed by atoms with Crippen molar-refractivity contribution < 1.29 is 29.3 Å². The van der Waals surface area contributed by atoms with E-state index < -0.39 is 24.1 Å². The van der Waals surface area contributed by atoms with E-state index in [0.717, 1.165) is 10.8 Å². The van der Waals surface area contributed by atoms with Crippen LogP contribution in [0.2, 0.25) is 0 Å². The van der Waals surface area contributed by atoms with Crippen LogP contribution in [0.1, 0.15) is 40.5 Å². The van der Waals surface area contributed by atoms with Gasteiger partial charge in [0.15, 0.2) is 17.9 Å². The zero-order valence-corrected chi connectivity index (χ0v) is 15.3. The summed E-state index contributed by atoms with van der Waals surface area (Å²) in [7, 11) is 0. The molecule has 6 heteroatoms. The van der Waals surface area contributed by atoms with Crippen molar-refractivity contribution in [2.45, 2.75) is 43.9 Å². The van der Waals surface area contributed by atoms with Gasteiger partial charge in [-0.3, -0.25) is 9.59 Å². The molecule has 0 bridgehead atoms. The fourth-order valence-corrected chi connectivity index (χ4v) is 4.59. The van der Waals surface area contributed by atoms with Crippen LogP contribution in [0.3, 0.4) is 0 Å². The molecular weight excluding hydrogens is 360 g/mol. The second-order valence-corrected chi connectivity index (χ2v) is 7.82. The molecule has 0 amide bonds. The van der Waals surface area contributed by atoms with E-state index in [1.807, 2.05) is 24.3 Å². The Morgan fingerprint density at radius 2 is 1.71 bits per heavy atom. The molecule has 2 aromatic carbocycles. The molecule has 6 nitrogen and oxygen atoms in total. The third-order valence-corrected chi connectivity index (χ3v) is 6.02. The van der Waals surface area contributed by atoms with Crippen LogP contribution in [-0.4, -0.2) is 52.5 Å². The van der Waals surface area contributed by atoms with E-state index in [4.69, 9.17) is 9.47 Å². The first-order valence-corrected chi connectivity index (χ1v) is 9.40. The Balaban J connectivity index is 1.60. The average Bonchev–Trinajstić information content (AvgIpc) is 3.12. The van der Waals surface area contributed by atoms with Gasteiger partial charge in [-0.25, -0.2) is 0 Å². The molecule has 0 spiro atoms. The molecule has 1 aliphatic heterocycles. The number of benzene rings is 2. The van der Waals surface area contributed by atoms with Crippen LogP contribution in [0.5, 0.6) is 0 Å². The Morgan fingerprint density at radius 1 is 1.07 bits per heavy atom. The van der Waals surface area contributed by atoms with Crippen molar-refractivity contribution in [2.24, 2.45) is 0 Å². The van der Waals surface area contributed by atoms with E-state index in [9.17, 15) is 19.8 Å². The van der Waals surface area contributed by atoms with Gasteiger partial charge in [-0.1, -0.05) is 24.3 Å². The van der Waals surface area contributed by atoms with Crippen LogP contribution in [0.15, 0.2) is 47.5 Å². The standard InChI is InChI=1S/C22H20O6/c1-11-27-10-18(28-11)22(26)8-16-19(17(23)9-22)21(25)15-7-13-5-3-2-4-12(13)6-14(15)20(16)24/h2-7,11,17-18,23,26H,8-10H2,1H3/t11-,17+,18-,22?/m1/s1. The maximum atomic E-state index is 13.2. The smallest absolute Gasteiger partial charge is 0.192 e. The van der Waals surface area contributed by atoms with Crippen molar-refractivity contribution in [3.63, 3.8) is 0 Å². The van der Waals surface area contributed by atoms with E-state index in [-0.39, 0.29) is 42.2 Å². The third kappa shape index (κ3) is 2.49. The lowest BCUT2D eigenvalue weighted by Gasteiger charge is -2.41. The molecule has 0 radical (unpaired) electrons. The highest BCUT2D eigenvalue weighted by atomic mass is 16.7. The van der Waals surface area contributed by atoms with Gasteiger partial charge in [0, 0.05) is 35.1 Å². The number of carbonyl (C=O) groups is 2. The van der Waals surface area contributed by atoms with Gasteiger partial charge in [0.25, 0.3) is 0 Å². The predicted molar refractivity (Wildman–Crippen MR) is 100 cm³/mol. The summed E-state index contributed by atoms with van der Waals surface area (Å²) in [5, 5.41) is 23.6. The first-order valence-electron chi connectivity index (χ1n) is 9.40. The maximum Gasteiger partial charge on any atom is 0.192 e. The minimum absolute atomic E-state index is 0.0447. The average molecular weight is 380 g/mol. The Bertz CT molecular complexity index is 1050. The number of Topliss-reactive ketones (excluding diaryl/α,β-unsaturated/α-hetero) is 2. The van der Waals surface area contributed by atoms with Crippen LogP contribution in [0, 0.1) is 0 Å². The molecule has 1 unspecified atom stereocenters.